The standard InChI is InChI=1S/C15H22N4O2/c1-15(2,3)18-14(21)6-7-19-12-5-4-10(16)8-11(12)17-13(19)9-20/h4-5,8,20H,6-7,9,16H2,1-3H3,(H,18,21). The summed E-state index contributed by atoms with van der Waals surface area (Å²) in [5.74, 6) is 0.517. The van der Waals surface area contributed by atoms with E-state index in [-0.39, 0.29) is 18.1 Å². The van der Waals surface area contributed by atoms with Crippen molar-refractivity contribution in [2.24, 2.45) is 0 Å². The Morgan fingerprint density at radius 3 is 2.76 bits per heavy atom. The molecule has 6 heteroatoms. The topological polar surface area (TPSA) is 93.2 Å². The van der Waals surface area contributed by atoms with Crippen LogP contribution in [-0.4, -0.2) is 26.1 Å². The van der Waals surface area contributed by atoms with Gasteiger partial charge in [-0.25, -0.2) is 4.98 Å². The lowest BCUT2D eigenvalue weighted by Gasteiger charge is -2.20. The molecule has 2 rings (SSSR count). The molecule has 0 radical (unpaired) electrons. The largest absolute Gasteiger partial charge is 0.399 e. The number of hydrogen-bond acceptors (Lipinski definition) is 4. The van der Waals surface area contributed by atoms with Crippen molar-refractivity contribution >= 4 is 22.6 Å². The molecule has 0 aliphatic heterocycles. The van der Waals surface area contributed by atoms with Gasteiger partial charge in [0.05, 0.1) is 11.0 Å². The third-order valence-electron chi connectivity index (χ3n) is 3.07. The molecule has 21 heavy (non-hydrogen) atoms. The van der Waals surface area contributed by atoms with Crippen LogP contribution in [-0.2, 0) is 17.9 Å². The van der Waals surface area contributed by atoms with Crippen LogP contribution in [0.5, 0.6) is 0 Å². The van der Waals surface area contributed by atoms with E-state index in [1.807, 2.05) is 31.4 Å². The van der Waals surface area contributed by atoms with E-state index >= 15 is 0 Å². The van der Waals surface area contributed by atoms with Crippen LogP contribution in [0.15, 0.2) is 18.2 Å². The van der Waals surface area contributed by atoms with E-state index in [0.717, 1.165) is 11.0 Å². The molecule has 1 heterocycles. The Morgan fingerprint density at radius 2 is 2.14 bits per heavy atom. The Bertz CT molecular complexity index is 655. The van der Waals surface area contributed by atoms with E-state index < -0.39 is 0 Å². The Labute approximate surface area is 124 Å². The quantitative estimate of drug-likeness (QED) is 0.742. The predicted molar refractivity (Wildman–Crippen MR) is 82.6 cm³/mol. The molecule has 0 spiro atoms. The third kappa shape index (κ3) is 3.72. The Kier molecular flexibility index (Phi) is 4.18. The fraction of sp³-hybridized carbons (Fsp3) is 0.467. The predicted octanol–water partition coefficient (Wildman–Crippen LogP) is 1.42. The molecule has 0 bridgehead atoms. The van der Waals surface area contributed by atoms with Crippen LogP contribution >= 0.6 is 0 Å². The number of amides is 1. The summed E-state index contributed by atoms with van der Waals surface area (Å²) in [5.41, 5.74) is 7.72. The lowest BCUT2D eigenvalue weighted by Crippen LogP contribution is -2.40. The lowest BCUT2D eigenvalue weighted by atomic mass is 10.1. The molecule has 114 valence electrons. The summed E-state index contributed by atoms with van der Waals surface area (Å²) in [6.45, 7) is 6.13. The van der Waals surface area contributed by atoms with Gasteiger partial charge in [-0.15, -0.1) is 0 Å². The number of benzene rings is 1. The molecule has 0 saturated carbocycles. The highest BCUT2D eigenvalue weighted by Gasteiger charge is 2.15. The number of hydrogen-bond donors (Lipinski definition) is 3. The van der Waals surface area contributed by atoms with Gasteiger partial charge in [0.2, 0.25) is 5.91 Å². The summed E-state index contributed by atoms with van der Waals surface area (Å²) in [4.78, 5) is 16.3. The first-order valence-corrected chi connectivity index (χ1v) is 6.96. The highest BCUT2D eigenvalue weighted by atomic mass is 16.3. The molecule has 0 aliphatic rings. The van der Waals surface area contributed by atoms with Crippen LogP contribution in [0, 0.1) is 0 Å². The number of rotatable bonds is 4. The van der Waals surface area contributed by atoms with Crippen molar-refractivity contribution < 1.29 is 9.90 Å². The van der Waals surface area contributed by atoms with Crippen molar-refractivity contribution in [1.82, 2.24) is 14.9 Å². The van der Waals surface area contributed by atoms with Crippen molar-refractivity contribution in [1.29, 1.82) is 0 Å². The minimum absolute atomic E-state index is 0.0244. The van der Waals surface area contributed by atoms with Crippen molar-refractivity contribution in [2.45, 2.75) is 45.9 Å². The van der Waals surface area contributed by atoms with Crippen molar-refractivity contribution in [3.63, 3.8) is 0 Å². The van der Waals surface area contributed by atoms with Crippen LogP contribution in [0.4, 0.5) is 5.69 Å². The number of carbonyl (C=O) groups is 1. The highest BCUT2D eigenvalue weighted by molar-refractivity contribution is 5.80. The Hall–Kier alpha value is -2.08. The summed E-state index contributed by atoms with van der Waals surface area (Å²) in [5, 5.41) is 12.3. The second kappa shape index (κ2) is 5.73. The summed E-state index contributed by atoms with van der Waals surface area (Å²) in [6.07, 6.45) is 0.333. The number of aliphatic hydroxyl groups excluding tert-OH is 1. The van der Waals surface area contributed by atoms with Gasteiger partial charge in [0, 0.05) is 24.2 Å². The number of aryl methyl sites for hydroxylation is 1. The molecular formula is C15H22N4O2. The Morgan fingerprint density at radius 1 is 1.43 bits per heavy atom. The van der Waals surface area contributed by atoms with Gasteiger partial charge in [-0.2, -0.15) is 0 Å². The van der Waals surface area contributed by atoms with Gasteiger partial charge in [0.1, 0.15) is 12.4 Å². The van der Waals surface area contributed by atoms with Gasteiger partial charge < -0.3 is 20.7 Å². The molecule has 1 aromatic carbocycles. The molecule has 1 aromatic heterocycles. The third-order valence-corrected chi connectivity index (χ3v) is 3.07. The molecule has 0 fully saturated rings. The van der Waals surface area contributed by atoms with Crippen molar-refractivity contribution in [3.8, 4) is 0 Å². The summed E-state index contributed by atoms with van der Waals surface area (Å²) >= 11 is 0. The zero-order chi connectivity index (χ0) is 15.6. The van der Waals surface area contributed by atoms with Crippen LogP contribution in [0.1, 0.15) is 33.0 Å². The molecule has 1 amide bonds. The average molecular weight is 290 g/mol. The lowest BCUT2D eigenvalue weighted by molar-refractivity contribution is -0.122. The van der Waals surface area contributed by atoms with E-state index in [0.29, 0.717) is 24.5 Å². The molecule has 4 N–H and O–H groups in total. The first-order valence-electron chi connectivity index (χ1n) is 6.96. The number of nitrogens with one attached hydrogen (secondary N) is 1. The molecule has 0 saturated heterocycles. The Balaban J connectivity index is 2.19. The van der Waals surface area contributed by atoms with E-state index in [9.17, 15) is 9.90 Å². The first kappa shape index (κ1) is 15.3. The van der Waals surface area contributed by atoms with Gasteiger partial charge in [-0.3, -0.25) is 4.79 Å². The first-order chi connectivity index (χ1) is 9.80. The number of imidazole rings is 1. The number of carbonyl (C=O) groups excluding carboxylic acids is 1. The second-order valence-corrected chi connectivity index (χ2v) is 6.13. The van der Waals surface area contributed by atoms with Crippen LogP contribution in [0.2, 0.25) is 0 Å². The van der Waals surface area contributed by atoms with Gasteiger partial charge in [-0.1, -0.05) is 0 Å². The smallest absolute Gasteiger partial charge is 0.222 e. The minimum Gasteiger partial charge on any atom is -0.399 e. The summed E-state index contributed by atoms with van der Waals surface area (Å²) in [7, 11) is 0. The number of aliphatic hydroxyl groups is 1. The van der Waals surface area contributed by atoms with Gasteiger partial charge in [0.15, 0.2) is 0 Å². The number of nitrogens with zero attached hydrogens (tertiary/aromatic N) is 2. The molecule has 0 atom stereocenters. The van der Waals surface area contributed by atoms with E-state index in [2.05, 4.69) is 10.3 Å². The van der Waals surface area contributed by atoms with E-state index in [4.69, 9.17) is 5.73 Å². The number of nitrogens with two attached hydrogens (primary N) is 1. The highest BCUT2D eigenvalue weighted by Crippen LogP contribution is 2.19. The molecular weight excluding hydrogens is 268 g/mol. The number of fused-ring (bicyclic) bond motifs is 1. The molecule has 0 aliphatic carbocycles. The number of anilines is 1. The average Bonchev–Trinajstić information content (AvgIpc) is 2.71. The zero-order valence-electron chi connectivity index (χ0n) is 12.7. The molecule has 0 unspecified atom stereocenters. The van der Waals surface area contributed by atoms with E-state index in [1.165, 1.54) is 0 Å². The maximum Gasteiger partial charge on any atom is 0.222 e. The zero-order valence-corrected chi connectivity index (χ0v) is 12.7. The van der Waals surface area contributed by atoms with Crippen molar-refractivity contribution in [2.75, 3.05) is 5.73 Å². The summed E-state index contributed by atoms with van der Waals surface area (Å²) in [6, 6.07) is 5.41. The number of nitrogen functional groups attached to an aromatic ring is 1. The van der Waals surface area contributed by atoms with E-state index in [1.54, 1.807) is 12.1 Å². The molecule has 6 nitrogen and oxygen atoms in total. The number of aromatic nitrogens is 2. The van der Waals surface area contributed by atoms with Gasteiger partial charge in [-0.05, 0) is 39.0 Å². The minimum atomic E-state index is -0.248. The van der Waals surface area contributed by atoms with Gasteiger partial charge >= 0.3 is 0 Å². The summed E-state index contributed by atoms with van der Waals surface area (Å²) < 4.78 is 1.86. The van der Waals surface area contributed by atoms with Crippen LogP contribution < -0.4 is 11.1 Å². The maximum atomic E-state index is 11.9. The monoisotopic (exact) mass is 290 g/mol. The SMILES string of the molecule is CC(C)(C)NC(=O)CCn1c(CO)nc2cc(N)ccc21. The second-order valence-electron chi connectivity index (χ2n) is 6.13. The van der Waals surface area contributed by atoms with Crippen LogP contribution in [0.3, 0.4) is 0 Å². The normalized spacial score (nSPS) is 11.8. The molecule has 2 aromatic rings. The fourth-order valence-electron chi connectivity index (χ4n) is 2.26. The van der Waals surface area contributed by atoms with Crippen molar-refractivity contribution in [3.05, 3.63) is 24.0 Å². The van der Waals surface area contributed by atoms with Gasteiger partial charge in [0.25, 0.3) is 0 Å². The maximum absolute atomic E-state index is 11.9. The van der Waals surface area contributed by atoms with Crippen LogP contribution in [0.25, 0.3) is 11.0 Å². The fourth-order valence-corrected chi connectivity index (χ4v) is 2.26.